The van der Waals surface area contributed by atoms with E-state index in [0.717, 1.165) is 41.2 Å². The molecule has 0 N–H and O–H groups in total. The molecule has 0 saturated heterocycles. The molecule has 0 saturated carbocycles. The molecule has 0 spiro atoms. The number of aromatic nitrogens is 2. The zero-order valence-corrected chi connectivity index (χ0v) is 41.6. The summed E-state index contributed by atoms with van der Waals surface area (Å²) in [6.45, 7) is 0. The normalized spacial score (nSPS) is 13.9. The van der Waals surface area contributed by atoms with E-state index in [1.54, 1.807) is 6.07 Å². The number of ketones is 4. The van der Waals surface area contributed by atoms with Gasteiger partial charge in [-0.25, -0.2) is 0 Å². The molecule has 0 fully saturated rings. The maximum atomic E-state index is 13.8. The third-order valence-corrected chi connectivity index (χ3v) is 18.4. The first kappa shape index (κ1) is 42.4. The summed E-state index contributed by atoms with van der Waals surface area (Å²) in [5.74, 6) is -0.686. The Labute approximate surface area is 423 Å². The van der Waals surface area contributed by atoms with Crippen molar-refractivity contribution in [1.29, 1.82) is 0 Å². The SMILES string of the molecule is O=C1/C(=C\c2ccc(-n3c4ccccc4c4ccccc43)[se]2)C(=O)c2c1ccc1ccccc21.O=C1C(=Cc2ccc(-n3c4ccccc4c4ccccc43)[se]2)C(=O)c2c1c1ccccc1c1ccccc21. The van der Waals surface area contributed by atoms with Crippen molar-refractivity contribution in [3.05, 3.63) is 249 Å². The molecule has 0 unspecified atom stereocenters. The second-order valence-corrected chi connectivity index (χ2v) is 22.7. The Bertz CT molecular complexity index is 4430. The topological polar surface area (TPSA) is 78.1 Å². The number of para-hydroxylation sites is 4. The van der Waals surface area contributed by atoms with E-state index in [1.165, 1.54) is 52.7 Å². The number of benzene rings is 9. The Balaban J connectivity index is 0.000000135. The van der Waals surface area contributed by atoms with Crippen molar-refractivity contribution in [1.82, 2.24) is 9.13 Å². The van der Waals surface area contributed by atoms with Gasteiger partial charge in [0.15, 0.2) is 0 Å². The summed E-state index contributed by atoms with van der Waals surface area (Å²) >= 11 is -0.0913. The van der Waals surface area contributed by atoms with E-state index < -0.39 is 0 Å². The molecule has 6 nitrogen and oxygen atoms in total. The number of rotatable bonds is 4. The summed E-state index contributed by atoms with van der Waals surface area (Å²) in [6, 6.07) is 69.4. The van der Waals surface area contributed by atoms with Crippen molar-refractivity contribution in [3.63, 3.8) is 0 Å². The Morgan fingerprint density at radius 3 is 1.08 bits per heavy atom. The summed E-state index contributed by atoms with van der Waals surface area (Å²) in [4.78, 5) is 54.1. The monoisotopic (exact) mass is 1060 g/mol. The van der Waals surface area contributed by atoms with Crippen LogP contribution in [0, 0.1) is 0 Å². The summed E-state index contributed by atoms with van der Waals surface area (Å²) < 4.78 is 9.06. The number of Topliss-reactive ketones (excluding diaryl/α,β-unsaturated/α-hetero) is 4. The Morgan fingerprint density at radius 2 is 0.639 bits per heavy atom. The minimum atomic E-state index is -0.173. The molecule has 0 bridgehead atoms. The van der Waals surface area contributed by atoms with Gasteiger partial charge < -0.3 is 0 Å². The van der Waals surface area contributed by atoms with E-state index in [1.807, 2.05) is 97.1 Å². The molecule has 9 aromatic carbocycles. The Morgan fingerprint density at radius 1 is 0.292 bits per heavy atom. The number of carbonyl (C=O) groups is 4. The molecule has 8 heteroatoms. The molecule has 4 heterocycles. The van der Waals surface area contributed by atoms with Crippen LogP contribution in [0.15, 0.2) is 217 Å². The average Bonchev–Trinajstić information content (AvgIpc) is 4.29. The Kier molecular flexibility index (Phi) is 9.75. The molecule has 15 rings (SSSR count). The molecule has 0 radical (unpaired) electrons. The van der Waals surface area contributed by atoms with Gasteiger partial charge >= 0.3 is 426 Å². The van der Waals surface area contributed by atoms with E-state index >= 15 is 0 Å². The Hall–Kier alpha value is -8.48. The molecule has 13 aromatic rings. The summed E-state index contributed by atoms with van der Waals surface area (Å²) in [6.07, 6.45) is 3.66. The summed E-state index contributed by atoms with van der Waals surface area (Å²) in [5.41, 5.74) is 7.35. The molecule has 338 valence electrons. The third kappa shape index (κ3) is 6.41. The van der Waals surface area contributed by atoms with Gasteiger partial charge in [0.2, 0.25) is 0 Å². The van der Waals surface area contributed by atoms with Crippen molar-refractivity contribution >= 4 is 140 Å². The summed E-state index contributed by atoms with van der Waals surface area (Å²) in [5, 5.41) is 10.4. The van der Waals surface area contributed by atoms with E-state index in [2.05, 4.69) is 124 Å². The van der Waals surface area contributed by atoms with Gasteiger partial charge in [-0.15, -0.1) is 0 Å². The molecule has 0 aliphatic heterocycles. The zero-order chi connectivity index (χ0) is 48.2. The van der Waals surface area contributed by atoms with Gasteiger partial charge in [-0.3, -0.25) is 0 Å². The molecular formula is C64H36N2O4Se2. The second kappa shape index (κ2) is 16.6. The van der Waals surface area contributed by atoms with Crippen molar-refractivity contribution in [2.45, 2.75) is 0 Å². The number of carbonyl (C=O) groups excluding carboxylic acids is 4. The minimum absolute atomic E-state index is 0.0328. The molecule has 4 aromatic heterocycles. The molecule has 2 aliphatic rings. The van der Waals surface area contributed by atoms with Gasteiger partial charge in [0.05, 0.1) is 0 Å². The first-order chi connectivity index (χ1) is 35.4. The van der Waals surface area contributed by atoms with Crippen molar-refractivity contribution in [2.24, 2.45) is 0 Å². The number of hydrogen-bond acceptors (Lipinski definition) is 4. The van der Waals surface area contributed by atoms with Crippen LogP contribution in [0.5, 0.6) is 0 Å². The fourth-order valence-electron chi connectivity index (χ4n) is 11.0. The van der Waals surface area contributed by atoms with Crippen LogP contribution in [-0.4, -0.2) is 61.3 Å². The van der Waals surface area contributed by atoms with Gasteiger partial charge in [-0.2, -0.15) is 0 Å². The van der Waals surface area contributed by atoms with E-state index in [9.17, 15) is 19.2 Å². The standard InChI is InChI=1S/C34H19NO2Se.C30H17NO2Se/c36-33-27(34(37)32-26-14-4-2-10-22(26)21-9-1-3-13-25(21)31(32)33)19-20-17-18-30(38-20)35-28-15-7-5-11-23(28)24-12-6-8-16-29(24)35;32-29-23-15-13-18-7-1-2-8-20(18)28(23)30(33)24(29)17-19-14-16-27(34-19)31-25-11-5-3-9-21(25)22-10-4-6-12-26(22)31/h1-19H;1-17H/b;24-17+. The van der Waals surface area contributed by atoms with E-state index in [0.29, 0.717) is 22.3 Å². The van der Waals surface area contributed by atoms with E-state index in [-0.39, 0.29) is 63.3 Å². The van der Waals surface area contributed by atoms with Gasteiger partial charge in [0.1, 0.15) is 0 Å². The molecule has 0 amide bonds. The summed E-state index contributed by atoms with van der Waals surface area (Å²) in [7, 11) is 0. The number of allylic oxidation sites excluding steroid dienone is 2. The van der Waals surface area contributed by atoms with Gasteiger partial charge in [0, 0.05) is 0 Å². The van der Waals surface area contributed by atoms with Gasteiger partial charge in [0.25, 0.3) is 0 Å². The zero-order valence-electron chi connectivity index (χ0n) is 38.1. The van der Waals surface area contributed by atoms with E-state index in [4.69, 9.17) is 0 Å². The van der Waals surface area contributed by atoms with Crippen molar-refractivity contribution in [3.8, 4) is 9.12 Å². The predicted octanol–water partition coefficient (Wildman–Crippen LogP) is 14.1. The van der Waals surface area contributed by atoms with Crippen LogP contribution in [0.2, 0.25) is 0 Å². The fourth-order valence-corrected chi connectivity index (χ4v) is 15.1. The van der Waals surface area contributed by atoms with Gasteiger partial charge in [-0.05, 0) is 0 Å². The first-order valence-electron chi connectivity index (χ1n) is 23.7. The van der Waals surface area contributed by atoms with Crippen LogP contribution in [0.3, 0.4) is 0 Å². The van der Waals surface area contributed by atoms with Crippen molar-refractivity contribution in [2.75, 3.05) is 0 Å². The predicted molar refractivity (Wildman–Crippen MR) is 294 cm³/mol. The quantitative estimate of drug-likeness (QED) is 0.0761. The first-order valence-corrected chi connectivity index (χ1v) is 27.1. The van der Waals surface area contributed by atoms with Crippen LogP contribution in [0.1, 0.15) is 50.3 Å². The molecular weight excluding hydrogens is 1020 g/mol. The number of hydrogen-bond donors (Lipinski definition) is 0. The number of fused-ring (bicyclic) bond motifs is 15. The molecule has 2 aliphatic carbocycles. The molecule has 72 heavy (non-hydrogen) atoms. The van der Waals surface area contributed by atoms with Gasteiger partial charge in [-0.1, -0.05) is 0 Å². The third-order valence-electron chi connectivity index (χ3n) is 14.2. The average molecular weight is 1050 g/mol. The fraction of sp³-hybridized carbons (Fsp3) is 0. The van der Waals surface area contributed by atoms with Crippen LogP contribution < -0.4 is 0 Å². The van der Waals surface area contributed by atoms with Crippen LogP contribution in [0.4, 0.5) is 0 Å². The molecule has 0 atom stereocenters. The van der Waals surface area contributed by atoms with Crippen LogP contribution in [0.25, 0.3) is 97.2 Å². The van der Waals surface area contributed by atoms with Crippen LogP contribution in [-0.2, 0) is 0 Å². The van der Waals surface area contributed by atoms with Crippen LogP contribution >= 0.6 is 0 Å². The number of nitrogens with zero attached hydrogens (tertiary/aromatic N) is 2. The van der Waals surface area contributed by atoms with Crippen molar-refractivity contribution < 1.29 is 19.2 Å². The maximum absolute atomic E-state index is 13.8. The second-order valence-electron chi connectivity index (χ2n) is 18.1.